The van der Waals surface area contributed by atoms with Gasteiger partial charge in [0.25, 0.3) is 0 Å². The Balaban J connectivity index is 1.66. The van der Waals surface area contributed by atoms with Crippen LogP contribution in [0.2, 0.25) is 0 Å². The van der Waals surface area contributed by atoms with Gasteiger partial charge < -0.3 is 10.2 Å². The highest BCUT2D eigenvalue weighted by atomic mass is 32.2. The normalized spacial score (nSPS) is 16.6. The van der Waals surface area contributed by atoms with Gasteiger partial charge in [-0.15, -0.1) is 23.1 Å². The summed E-state index contributed by atoms with van der Waals surface area (Å²) in [6, 6.07) is 11.7. The van der Waals surface area contributed by atoms with E-state index in [1.54, 1.807) is 16.2 Å². The van der Waals surface area contributed by atoms with Gasteiger partial charge in [0, 0.05) is 22.7 Å². The van der Waals surface area contributed by atoms with Crippen molar-refractivity contribution in [2.24, 2.45) is 0 Å². The van der Waals surface area contributed by atoms with Crippen molar-refractivity contribution in [3.63, 3.8) is 0 Å². The van der Waals surface area contributed by atoms with E-state index in [9.17, 15) is 9.59 Å². The molecule has 0 fully saturated rings. The third kappa shape index (κ3) is 3.76. The van der Waals surface area contributed by atoms with Gasteiger partial charge in [0.1, 0.15) is 0 Å². The van der Waals surface area contributed by atoms with Crippen LogP contribution in [0.15, 0.2) is 46.7 Å². The van der Waals surface area contributed by atoms with Gasteiger partial charge >= 0.3 is 0 Å². The maximum atomic E-state index is 12.6. The largest absolute Gasteiger partial charge is 0.338 e. The summed E-state index contributed by atoms with van der Waals surface area (Å²) in [6.45, 7) is 3.23. The molecular formula is C17H18N2O2S2. The van der Waals surface area contributed by atoms with Gasteiger partial charge in [-0.1, -0.05) is 18.2 Å². The summed E-state index contributed by atoms with van der Waals surface area (Å²) >= 11 is 3.12. The fourth-order valence-electron chi connectivity index (χ4n) is 2.48. The number of rotatable bonds is 5. The van der Waals surface area contributed by atoms with Crippen LogP contribution < -0.4 is 5.32 Å². The van der Waals surface area contributed by atoms with Crippen LogP contribution in [0.25, 0.3) is 0 Å². The number of nitrogens with one attached hydrogen (secondary N) is 1. The first kappa shape index (κ1) is 16.1. The van der Waals surface area contributed by atoms with Crippen LogP contribution >= 0.6 is 23.1 Å². The average Bonchev–Trinajstić information content (AvgIpc) is 3.06. The Bertz CT molecular complexity index is 700. The summed E-state index contributed by atoms with van der Waals surface area (Å²) in [6.07, 6.45) is 0.226. The molecule has 2 amide bonds. The van der Waals surface area contributed by atoms with Crippen molar-refractivity contribution < 1.29 is 9.59 Å². The van der Waals surface area contributed by atoms with Crippen LogP contribution in [0.1, 0.15) is 18.2 Å². The third-order valence-electron chi connectivity index (χ3n) is 3.73. The zero-order valence-electron chi connectivity index (χ0n) is 12.8. The third-order valence-corrected chi connectivity index (χ3v) is 5.86. The monoisotopic (exact) mass is 346 g/mol. The molecule has 120 valence electrons. The van der Waals surface area contributed by atoms with E-state index < -0.39 is 0 Å². The lowest BCUT2D eigenvalue weighted by Gasteiger charge is -2.26. The van der Waals surface area contributed by atoms with Crippen molar-refractivity contribution in [1.82, 2.24) is 4.90 Å². The van der Waals surface area contributed by atoms with Crippen molar-refractivity contribution in [3.05, 3.63) is 46.7 Å². The minimum absolute atomic E-state index is 0.0212. The van der Waals surface area contributed by atoms with Gasteiger partial charge in [-0.2, -0.15) is 0 Å². The zero-order valence-corrected chi connectivity index (χ0v) is 14.5. The summed E-state index contributed by atoms with van der Waals surface area (Å²) < 4.78 is 0. The summed E-state index contributed by atoms with van der Waals surface area (Å²) in [5.41, 5.74) is 0.831. The Labute approximate surface area is 143 Å². The standard InChI is InChI=1S/C17H18N2O2S2/c1-2-19(11-12-6-5-9-22-12)16(20)10-15-17(21)18-13-7-3-4-8-14(13)23-15/h3-9,15H,2,10-11H2,1H3,(H,18,21)/t15-/m0/s1. The predicted octanol–water partition coefficient (Wildman–Crippen LogP) is 3.60. The second kappa shape index (κ2) is 7.19. The molecule has 4 nitrogen and oxygen atoms in total. The van der Waals surface area contributed by atoms with E-state index in [1.165, 1.54) is 11.8 Å². The average molecular weight is 346 g/mol. The number of thioether (sulfide) groups is 1. The predicted molar refractivity (Wildman–Crippen MR) is 94.7 cm³/mol. The quantitative estimate of drug-likeness (QED) is 0.900. The number of fused-ring (bicyclic) bond motifs is 1. The Kier molecular flexibility index (Phi) is 5.03. The molecule has 6 heteroatoms. The number of carbonyl (C=O) groups excluding carboxylic acids is 2. The number of benzene rings is 1. The van der Waals surface area contributed by atoms with Crippen LogP contribution in [0, 0.1) is 0 Å². The molecular weight excluding hydrogens is 328 g/mol. The number of nitrogens with zero attached hydrogens (tertiary/aromatic N) is 1. The summed E-state index contributed by atoms with van der Waals surface area (Å²) in [7, 11) is 0. The van der Waals surface area contributed by atoms with Gasteiger partial charge in [-0.25, -0.2) is 0 Å². The number of hydrogen-bond donors (Lipinski definition) is 1. The molecule has 0 bridgehead atoms. The molecule has 0 saturated heterocycles. The van der Waals surface area contributed by atoms with E-state index >= 15 is 0 Å². The molecule has 0 radical (unpaired) electrons. The molecule has 3 rings (SSSR count). The lowest BCUT2D eigenvalue weighted by Crippen LogP contribution is -2.37. The molecule has 1 aliphatic rings. The topological polar surface area (TPSA) is 49.4 Å². The molecule has 0 unspecified atom stereocenters. The first-order chi connectivity index (χ1) is 11.2. The molecule has 23 heavy (non-hydrogen) atoms. The minimum Gasteiger partial charge on any atom is -0.338 e. The van der Waals surface area contributed by atoms with Gasteiger partial charge in [0.2, 0.25) is 11.8 Å². The van der Waals surface area contributed by atoms with Crippen LogP contribution in [0.3, 0.4) is 0 Å². The Morgan fingerprint density at radius 2 is 2.09 bits per heavy atom. The molecule has 0 saturated carbocycles. The smallest absolute Gasteiger partial charge is 0.238 e. The SMILES string of the molecule is CCN(Cc1cccs1)C(=O)C[C@@H]1Sc2ccccc2NC1=O. The van der Waals surface area contributed by atoms with E-state index in [1.807, 2.05) is 48.7 Å². The van der Waals surface area contributed by atoms with Crippen molar-refractivity contribution in [1.29, 1.82) is 0 Å². The van der Waals surface area contributed by atoms with Crippen LogP contribution in [-0.2, 0) is 16.1 Å². The van der Waals surface area contributed by atoms with Crippen LogP contribution in [0.4, 0.5) is 5.69 Å². The molecule has 1 N–H and O–H groups in total. The molecule has 1 aromatic carbocycles. The first-order valence-corrected chi connectivity index (χ1v) is 9.30. The van der Waals surface area contributed by atoms with E-state index in [-0.39, 0.29) is 23.5 Å². The van der Waals surface area contributed by atoms with Crippen LogP contribution in [-0.4, -0.2) is 28.5 Å². The number of para-hydroxylation sites is 1. The van der Waals surface area contributed by atoms with Gasteiger partial charge in [-0.05, 0) is 30.5 Å². The molecule has 2 heterocycles. The second-order valence-corrected chi connectivity index (χ2v) is 7.56. The van der Waals surface area contributed by atoms with E-state index in [2.05, 4.69) is 5.32 Å². The highest BCUT2D eigenvalue weighted by molar-refractivity contribution is 8.01. The Morgan fingerprint density at radius 3 is 2.83 bits per heavy atom. The fraction of sp³-hybridized carbons (Fsp3) is 0.294. The maximum Gasteiger partial charge on any atom is 0.238 e. The first-order valence-electron chi connectivity index (χ1n) is 7.54. The number of amides is 2. The fourth-order valence-corrected chi connectivity index (χ4v) is 4.30. The van der Waals surface area contributed by atoms with Gasteiger partial charge in [-0.3, -0.25) is 9.59 Å². The second-order valence-electron chi connectivity index (χ2n) is 5.28. The van der Waals surface area contributed by atoms with Crippen molar-refractivity contribution in [2.45, 2.75) is 30.0 Å². The lowest BCUT2D eigenvalue weighted by atomic mass is 10.2. The van der Waals surface area contributed by atoms with E-state index in [0.29, 0.717) is 13.1 Å². The van der Waals surface area contributed by atoms with Gasteiger partial charge in [0.05, 0.1) is 17.5 Å². The molecule has 1 aromatic heterocycles. The molecule has 0 spiro atoms. The summed E-state index contributed by atoms with van der Waals surface area (Å²) in [4.78, 5) is 28.8. The van der Waals surface area contributed by atoms with Crippen molar-refractivity contribution in [3.8, 4) is 0 Å². The van der Waals surface area contributed by atoms with E-state index in [4.69, 9.17) is 0 Å². The Morgan fingerprint density at radius 1 is 1.26 bits per heavy atom. The highest BCUT2D eigenvalue weighted by Crippen LogP contribution is 2.36. The van der Waals surface area contributed by atoms with Crippen molar-refractivity contribution in [2.75, 3.05) is 11.9 Å². The number of thiophene rings is 1. The van der Waals surface area contributed by atoms with Crippen LogP contribution in [0.5, 0.6) is 0 Å². The molecule has 1 aliphatic heterocycles. The number of carbonyl (C=O) groups is 2. The highest BCUT2D eigenvalue weighted by Gasteiger charge is 2.30. The number of anilines is 1. The Hall–Kier alpha value is -1.79. The number of hydrogen-bond acceptors (Lipinski definition) is 4. The zero-order chi connectivity index (χ0) is 16.2. The lowest BCUT2D eigenvalue weighted by molar-refractivity contribution is -0.133. The minimum atomic E-state index is -0.366. The molecule has 2 aromatic rings. The van der Waals surface area contributed by atoms with Crippen molar-refractivity contribution >= 4 is 40.6 Å². The molecule has 0 aliphatic carbocycles. The van der Waals surface area contributed by atoms with Gasteiger partial charge in [0.15, 0.2) is 0 Å². The molecule has 1 atom stereocenters. The van der Waals surface area contributed by atoms with E-state index in [0.717, 1.165) is 15.5 Å². The maximum absolute atomic E-state index is 12.6. The summed E-state index contributed by atoms with van der Waals surface area (Å²) in [5.74, 6) is -0.0674. The summed E-state index contributed by atoms with van der Waals surface area (Å²) in [5, 5.41) is 4.53.